The van der Waals surface area contributed by atoms with E-state index in [0.717, 1.165) is 5.69 Å². The largest absolute Gasteiger partial charge is 0.396 e. The molecule has 0 bridgehead atoms. The molecule has 0 saturated heterocycles. The molecule has 1 rings (SSSR count). The number of nitrogens with zero attached hydrogens (tertiary/aromatic N) is 2. The lowest BCUT2D eigenvalue weighted by atomic mass is 10.3. The molecule has 0 radical (unpaired) electrons. The second kappa shape index (κ2) is 7.52. The summed E-state index contributed by atoms with van der Waals surface area (Å²) in [6.45, 7) is 4.79. The van der Waals surface area contributed by atoms with E-state index < -0.39 is 0 Å². The van der Waals surface area contributed by atoms with Gasteiger partial charge in [0, 0.05) is 37.6 Å². The van der Waals surface area contributed by atoms with Crippen molar-refractivity contribution in [1.82, 2.24) is 20.2 Å². The van der Waals surface area contributed by atoms with Gasteiger partial charge in [0.1, 0.15) is 0 Å². The van der Waals surface area contributed by atoms with Crippen LogP contribution >= 0.6 is 0 Å². The molecule has 0 saturated carbocycles. The molecule has 0 spiro atoms. The van der Waals surface area contributed by atoms with Crippen LogP contribution in [-0.4, -0.2) is 40.4 Å². The van der Waals surface area contributed by atoms with Crippen LogP contribution in [0.5, 0.6) is 0 Å². The molecule has 3 N–H and O–H groups in total. The second-order valence-electron chi connectivity index (χ2n) is 4.23. The molecule has 19 heavy (non-hydrogen) atoms. The number of hydrogen-bond acceptors (Lipinski definition) is 4. The number of aliphatic hydroxyl groups excluding tert-OH is 1. The lowest BCUT2D eigenvalue weighted by molar-refractivity contribution is 0.237. The zero-order valence-corrected chi connectivity index (χ0v) is 11.3. The number of aliphatic hydroxyl groups is 1. The summed E-state index contributed by atoms with van der Waals surface area (Å²) >= 11 is 0. The minimum atomic E-state index is -0.306. The van der Waals surface area contributed by atoms with E-state index in [0.29, 0.717) is 31.7 Å². The summed E-state index contributed by atoms with van der Waals surface area (Å²) in [6.07, 6.45) is 0.522. The Hall–Kier alpha value is -1.89. The van der Waals surface area contributed by atoms with E-state index in [1.807, 2.05) is 13.0 Å². The van der Waals surface area contributed by atoms with Crippen LogP contribution in [0.4, 0.5) is 4.79 Å². The predicted octanol–water partition coefficient (Wildman–Crippen LogP) is -0.458. The molecule has 7 nitrogen and oxygen atoms in total. The van der Waals surface area contributed by atoms with Gasteiger partial charge in [-0.1, -0.05) is 0 Å². The highest BCUT2D eigenvalue weighted by Crippen LogP contribution is 1.95. The quantitative estimate of drug-likeness (QED) is 0.608. The number of amides is 2. The van der Waals surface area contributed by atoms with Crippen molar-refractivity contribution in [3.8, 4) is 0 Å². The summed E-state index contributed by atoms with van der Waals surface area (Å²) in [4.78, 5) is 26.8. The fraction of sp³-hybridized carbons (Fsp3) is 0.583. The third-order valence-electron chi connectivity index (χ3n) is 2.59. The van der Waals surface area contributed by atoms with Crippen LogP contribution in [-0.2, 0) is 6.54 Å². The van der Waals surface area contributed by atoms with Crippen LogP contribution in [0.1, 0.15) is 17.8 Å². The van der Waals surface area contributed by atoms with Gasteiger partial charge in [-0.3, -0.25) is 4.57 Å². The van der Waals surface area contributed by atoms with E-state index in [2.05, 4.69) is 15.6 Å². The van der Waals surface area contributed by atoms with E-state index in [9.17, 15) is 9.59 Å². The Morgan fingerprint density at radius 2 is 2.05 bits per heavy atom. The summed E-state index contributed by atoms with van der Waals surface area (Å²) in [5.74, 6) is 0. The molecule has 0 fully saturated rings. The van der Waals surface area contributed by atoms with Gasteiger partial charge in [0.25, 0.3) is 0 Å². The zero-order valence-electron chi connectivity index (χ0n) is 11.3. The molecule has 0 unspecified atom stereocenters. The van der Waals surface area contributed by atoms with Crippen LogP contribution in [0.3, 0.4) is 0 Å². The van der Waals surface area contributed by atoms with E-state index in [4.69, 9.17) is 5.11 Å². The Morgan fingerprint density at radius 3 is 2.68 bits per heavy atom. The van der Waals surface area contributed by atoms with Gasteiger partial charge >= 0.3 is 11.7 Å². The monoisotopic (exact) mass is 268 g/mol. The van der Waals surface area contributed by atoms with Crippen molar-refractivity contribution in [3.63, 3.8) is 0 Å². The molecule has 7 heteroatoms. The minimum absolute atomic E-state index is 0.0455. The molecule has 106 valence electrons. The SMILES string of the molecule is Cc1cc(C)n(CCNC(=O)NCCCO)c(=O)n1. The summed E-state index contributed by atoms with van der Waals surface area (Å²) in [7, 11) is 0. The maximum Gasteiger partial charge on any atom is 0.348 e. The summed E-state index contributed by atoms with van der Waals surface area (Å²) in [5, 5.41) is 13.8. The number of nitrogens with one attached hydrogen (secondary N) is 2. The number of aromatic nitrogens is 2. The van der Waals surface area contributed by atoms with E-state index in [1.165, 1.54) is 4.57 Å². The van der Waals surface area contributed by atoms with Crippen LogP contribution in [0.15, 0.2) is 10.9 Å². The van der Waals surface area contributed by atoms with Gasteiger partial charge in [-0.05, 0) is 26.3 Å². The van der Waals surface area contributed by atoms with Gasteiger partial charge in [0.15, 0.2) is 0 Å². The van der Waals surface area contributed by atoms with E-state index in [-0.39, 0.29) is 18.3 Å². The molecule has 0 aromatic carbocycles. The lowest BCUT2D eigenvalue weighted by Crippen LogP contribution is -2.39. The number of carbonyl (C=O) groups excluding carboxylic acids is 1. The van der Waals surface area contributed by atoms with Gasteiger partial charge in [-0.25, -0.2) is 9.59 Å². The first kappa shape index (κ1) is 15.2. The fourth-order valence-electron chi connectivity index (χ4n) is 1.67. The Kier molecular flexibility index (Phi) is 6.01. The standard InChI is InChI=1S/C12H20N4O3/c1-9-8-10(2)16(12(19)15-9)6-5-14-11(18)13-4-3-7-17/h8,17H,3-7H2,1-2H3,(H2,13,14,18). The van der Waals surface area contributed by atoms with Gasteiger partial charge in [0.2, 0.25) is 0 Å². The number of hydrogen-bond donors (Lipinski definition) is 3. The van der Waals surface area contributed by atoms with Crippen molar-refractivity contribution in [2.75, 3.05) is 19.7 Å². The first-order valence-corrected chi connectivity index (χ1v) is 6.22. The zero-order chi connectivity index (χ0) is 14.3. The molecule has 1 heterocycles. The molecule has 2 amide bonds. The van der Waals surface area contributed by atoms with Crippen molar-refractivity contribution in [1.29, 1.82) is 0 Å². The number of carbonyl (C=O) groups is 1. The van der Waals surface area contributed by atoms with Crippen molar-refractivity contribution in [2.24, 2.45) is 0 Å². The number of urea groups is 1. The molecule has 0 aliphatic rings. The maximum atomic E-state index is 11.6. The minimum Gasteiger partial charge on any atom is -0.396 e. The third-order valence-corrected chi connectivity index (χ3v) is 2.59. The summed E-state index contributed by atoms with van der Waals surface area (Å²) in [5.41, 5.74) is 1.20. The maximum absolute atomic E-state index is 11.6. The molecule has 0 aliphatic carbocycles. The average Bonchev–Trinajstić information content (AvgIpc) is 2.32. The van der Waals surface area contributed by atoms with Gasteiger partial charge < -0.3 is 15.7 Å². The van der Waals surface area contributed by atoms with Crippen molar-refractivity contribution in [2.45, 2.75) is 26.8 Å². The highest BCUT2D eigenvalue weighted by atomic mass is 16.3. The molecule has 1 aromatic rings. The lowest BCUT2D eigenvalue weighted by Gasteiger charge is -2.11. The number of rotatable bonds is 6. The Labute approximate surface area is 111 Å². The van der Waals surface area contributed by atoms with Gasteiger partial charge in [-0.2, -0.15) is 4.98 Å². The Bertz CT molecular complexity index is 484. The molecule has 1 aromatic heterocycles. The average molecular weight is 268 g/mol. The smallest absolute Gasteiger partial charge is 0.348 e. The number of aryl methyl sites for hydroxylation is 2. The summed E-state index contributed by atoms with van der Waals surface area (Å²) in [6, 6.07) is 1.52. The summed E-state index contributed by atoms with van der Waals surface area (Å²) < 4.78 is 1.51. The Balaban J connectivity index is 2.41. The van der Waals surface area contributed by atoms with Crippen molar-refractivity contribution < 1.29 is 9.90 Å². The highest BCUT2D eigenvalue weighted by molar-refractivity contribution is 5.73. The van der Waals surface area contributed by atoms with Crippen molar-refractivity contribution >= 4 is 6.03 Å². The first-order valence-electron chi connectivity index (χ1n) is 6.22. The van der Waals surface area contributed by atoms with Gasteiger partial charge in [-0.15, -0.1) is 0 Å². The normalized spacial score (nSPS) is 10.3. The highest BCUT2D eigenvalue weighted by Gasteiger charge is 2.03. The van der Waals surface area contributed by atoms with Crippen molar-refractivity contribution in [3.05, 3.63) is 27.9 Å². The molecular weight excluding hydrogens is 248 g/mol. The predicted molar refractivity (Wildman–Crippen MR) is 71.1 cm³/mol. The van der Waals surface area contributed by atoms with Crippen LogP contribution in [0, 0.1) is 13.8 Å². The topological polar surface area (TPSA) is 96.3 Å². The van der Waals surface area contributed by atoms with E-state index in [1.54, 1.807) is 6.92 Å². The third kappa shape index (κ3) is 5.09. The Morgan fingerprint density at radius 1 is 1.37 bits per heavy atom. The fourth-order valence-corrected chi connectivity index (χ4v) is 1.67. The second-order valence-corrected chi connectivity index (χ2v) is 4.23. The first-order chi connectivity index (χ1) is 9.04. The molecular formula is C12H20N4O3. The van der Waals surface area contributed by atoms with Crippen LogP contribution in [0.25, 0.3) is 0 Å². The van der Waals surface area contributed by atoms with E-state index >= 15 is 0 Å². The molecule has 0 atom stereocenters. The van der Waals surface area contributed by atoms with Crippen LogP contribution in [0.2, 0.25) is 0 Å². The molecule has 0 aliphatic heterocycles. The van der Waals surface area contributed by atoms with Crippen LogP contribution < -0.4 is 16.3 Å². The van der Waals surface area contributed by atoms with Gasteiger partial charge in [0.05, 0.1) is 0 Å².